The van der Waals surface area contributed by atoms with Crippen molar-refractivity contribution in [3.05, 3.63) is 0 Å². The molecule has 0 bridgehead atoms. The maximum Gasteiger partial charge on any atom is 0.0521 e. The van der Waals surface area contributed by atoms with Crippen LogP contribution in [-0.4, -0.2) is 11.4 Å². The van der Waals surface area contributed by atoms with Crippen molar-refractivity contribution < 1.29 is 0 Å². The van der Waals surface area contributed by atoms with Gasteiger partial charge in [0.1, 0.15) is 0 Å². The summed E-state index contributed by atoms with van der Waals surface area (Å²) in [6.45, 7) is 0. The maximum absolute atomic E-state index is 7.31. The number of nitrogens with one attached hydrogen (secondary N) is 2. The molecule has 1 saturated carbocycles. The molecule has 9 heavy (non-hydrogen) atoms. The van der Waals surface area contributed by atoms with Crippen LogP contribution in [0, 0.1) is 10.8 Å². The minimum Gasteiger partial charge on any atom is -0.303 e. The first kappa shape index (κ1) is 6.46. The van der Waals surface area contributed by atoms with Crippen molar-refractivity contribution >= 4 is 11.4 Å². The van der Waals surface area contributed by atoms with Crippen molar-refractivity contribution in [1.82, 2.24) is 0 Å². The highest BCUT2D eigenvalue weighted by atomic mass is 14.5. The van der Waals surface area contributed by atoms with E-state index in [9.17, 15) is 0 Å². The van der Waals surface area contributed by atoms with Crippen LogP contribution in [0.5, 0.6) is 0 Å². The van der Waals surface area contributed by atoms with Gasteiger partial charge in [-0.15, -0.1) is 0 Å². The third-order valence-electron chi connectivity index (χ3n) is 1.72. The second kappa shape index (κ2) is 2.76. The average Bonchev–Trinajstić information content (AvgIpc) is 1.99. The van der Waals surface area contributed by atoms with Crippen molar-refractivity contribution in [3.8, 4) is 0 Å². The normalized spacial score (nSPS) is 21.8. The van der Waals surface area contributed by atoms with E-state index in [0.29, 0.717) is 11.4 Å². The van der Waals surface area contributed by atoms with Crippen molar-refractivity contribution in [2.45, 2.75) is 32.1 Å². The van der Waals surface area contributed by atoms with Gasteiger partial charge >= 0.3 is 0 Å². The largest absolute Gasteiger partial charge is 0.303 e. The van der Waals surface area contributed by atoms with E-state index in [1.165, 1.54) is 6.42 Å². The van der Waals surface area contributed by atoms with E-state index in [1.54, 1.807) is 0 Å². The van der Waals surface area contributed by atoms with Gasteiger partial charge in [0.2, 0.25) is 0 Å². The second-order valence-electron chi connectivity index (χ2n) is 2.52. The van der Waals surface area contributed by atoms with Gasteiger partial charge < -0.3 is 10.8 Å². The summed E-state index contributed by atoms with van der Waals surface area (Å²) in [5.74, 6) is 0. The van der Waals surface area contributed by atoms with Gasteiger partial charge in [0, 0.05) is 0 Å². The van der Waals surface area contributed by atoms with Crippen LogP contribution >= 0.6 is 0 Å². The lowest BCUT2D eigenvalue weighted by atomic mass is 10.1. The third-order valence-corrected chi connectivity index (χ3v) is 1.72. The Kier molecular flexibility index (Phi) is 1.98. The van der Waals surface area contributed by atoms with Gasteiger partial charge in [-0.05, 0) is 25.7 Å². The van der Waals surface area contributed by atoms with Crippen molar-refractivity contribution in [1.29, 1.82) is 10.8 Å². The smallest absolute Gasteiger partial charge is 0.0521 e. The number of hydrogen-bond acceptors (Lipinski definition) is 2. The van der Waals surface area contributed by atoms with Crippen molar-refractivity contribution in [2.24, 2.45) is 0 Å². The first-order chi connectivity index (χ1) is 4.30. The summed E-state index contributed by atoms with van der Waals surface area (Å²) in [5.41, 5.74) is 1.13. The molecule has 0 heterocycles. The zero-order chi connectivity index (χ0) is 6.69. The van der Waals surface area contributed by atoms with Gasteiger partial charge in [0.15, 0.2) is 0 Å². The molecule has 0 saturated heterocycles. The van der Waals surface area contributed by atoms with Crippen LogP contribution in [0.3, 0.4) is 0 Å². The molecule has 2 nitrogen and oxygen atoms in total. The highest BCUT2D eigenvalue weighted by Gasteiger charge is 2.08. The van der Waals surface area contributed by atoms with E-state index in [1.807, 2.05) is 0 Å². The highest BCUT2D eigenvalue weighted by Crippen LogP contribution is 2.10. The molecule has 0 aromatic carbocycles. The molecule has 0 amide bonds. The van der Waals surface area contributed by atoms with E-state index in [4.69, 9.17) is 10.8 Å². The van der Waals surface area contributed by atoms with Crippen LogP contribution in [-0.2, 0) is 0 Å². The Bertz CT molecular complexity index is 122. The lowest BCUT2D eigenvalue weighted by molar-refractivity contribution is 0.734. The molecule has 0 aromatic heterocycles. The predicted octanol–water partition coefficient (Wildman–Crippen LogP) is 1.99. The molecule has 0 spiro atoms. The Hall–Kier alpha value is -0.660. The first-order valence-corrected chi connectivity index (χ1v) is 3.46. The lowest BCUT2D eigenvalue weighted by Gasteiger charge is -1.95. The number of rotatable bonds is 0. The molecule has 1 rings (SSSR count). The Morgan fingerprint density at radius 2 is 1.22 bits per heavy atom. The molecule has 0 atom stereocenters. The van der Waals surface area contributed by atoms with E-state index >= 15 is 0 Å². The van der Waals surface area contributed by atoms with Crippen LogP contribution in [0.2, 0.25) is 0 Å². The minimum absolute atomic E-state index is 0.563. The molecule has 0 aliphatic heterocycles. The summed E-state index contributed by atoms with van der Waals surface area (Å²) in [6.07, 6.45) is 5.09. The minimum atomic E-state index is 0.563. The summed E-state index contributed by atoms with van der Waals surface area (Å²) in [7, 11) is 0. The van der Waals surface area contributed by atoms with E-state index in [-0.39, 0.29) is 0 Å². The predicted molar refractivity (Wildman–Crippen MR) is 38.5 cm³/mol. The fraction of sp³-hybridized carbons (Fsp3) is 0.714. The molecule has 2 heteroatoms. The molecule has 0 aromatic rings. The molecule has 0 unspecified atom stereocenters. The molecule has 1 aliphatic rings. The van der Waals surface area contributed by atoms with Gasteiger partial charge in [-0.25, -0.2) is 0 Å². The van der Waals surface area contributed by atoms with E-state index < -0.39 is 0 Å². The van der Waals surface area contributed by atoms with Crippen LogP contribution in [0.15, 0.2) is 0 Å². The lowest BCUT2D eigenvalue weighted by Crippen LogP contribution is -2.07. The van der Waals surface area contributed by atoms with Gasteiger partial charge in [-0.1, -0.05) is 6.42 Å². The summed E-state index contributed by atoms with van der Waals surface area (Å²) in [4.78, 5) is 0. The van der Waals surface area contributed by atoms with Gasteiger partial charge in [-0.2, -0.15) is 0 Å². The molecule has 1 aliphatic carbocycles. The molecular weight excluding hydrogens is 112 g/mol. The quantitative estimate of drug-likeness (QED) is 0.464. The van der Waals surface area contributed by atoms with Gasteiger partial charge in [0.25, 0.3) is 0 Å². The fourth-order valence-corrected chi connectivity index (χ4v) is 1.08. The maximum atomic E-state index is 7.31. The van der Waals surface area contributed by atoms with Crippen molar-refractivity contribution in [3.63, 3.8) is 0 Å². The highest BCUT2D eigenvalue weighted by molar-refractivity contribution is 6.39. The Labute approximate surface area is 55.3 Å². The topological polar surface area (TPSA) is 47.7 Å². The zero-order valence-electron chi connectivity index (χ0n) is 5.54. The SMILES string of the molecule is N=C1CCCCCC1=N. The summed E-state index contributed by atoms with van der Waals surface area (Å²) >= 11 is 0. The van der Waals surface area contributed by atoms with E-state index in [0.717, 1.165) is 25.7 Å². The van der Waals surface area contributed by atoms with E-state index in [2.05, 4.69) is 0 Å². The fourth-order valence-electron chi connectivity index (χ4n) is 1.08. The molecule has 2 N–H and O–H groups in total. The van der Waals surface area contributed by atoms with Crippen molar-refractivity contribution in [2.75, 3.05) is 0 Å². The van der Waals surface area contributed by atoms with Gasteiger partial charge in [-0.3, -0.25) is 0 Å². The van der Waals surface area contributed by atoms with Crippen LogP contribution in [0.4, 0.5) is 0 Å². The molecule has 0 radical (unpaired) electrons. The zero-order valence-corrected chi connectivity index (χ0v) is 5.54. The van der Waals surface area contributed by atoms with Crippen LogP contribution in [0.25, 0.3) is 0 Å². The Morgan fingerprint density at radius 3 is 1.67 bits per heavy atom. The average molecular weight is 124 g/mol. The first-order valence-electron chi connectivity index (χ1n) is 3.46. The van der Waals surface area contributed by atoms with Crippen LogP contribution < -0.4 is 0 Å². The summed E-state index contributed by atoms with van der Waals surface area (Å²) in [6, 6.07) is 0. The standard InChI is InChI=1S/C7H12N2/c8-6-4-2-1-3-5-7(6)9/h8-9H,1-5H2. The summed E-state index contributed by atoms with van der Waals surface area (Å²) < 4.78 is 0. The second-order valence-corrected chi connectivity index (χ2v) is 2.52. The third kappa shape index (κ3) is 1.63. The molecule has 1 fully saturated rings. The Morgan fingerprint density at radius 1 is 0.778 bits per heavy atom. The van der Waals surface area contributed by atoms with Gasteiger partial charge in [0.05, 0.1) is 11.4 Å². The van der Waals surface area contributed by atoms with Crippen LogP contribution in [0.1, 0.15) is 32.1 Å². The summed E-state index contributed by atoms with van der Waals surface area (Å²) in [5, 5.41) is 14.6. The Balaban J connectivity index is 2.51. The molecular formula is C7H12N2. The molecule has 50 valence electrons. The number of hydrogen-bond donors (Lipinski definition) is 2. The monoisotopic (exact) mass is 124 g/mol.